The first-order chi connectivity index (χ1) is 5.81. The maximum Gasteiger partial charge on any atom is 0.407 e. The molecule has 0 aliphatic heterocycles. The summed E-state index contributed by atoms with van der Waals surface area (Å²) in [4.78, 5) is 11.0. The Bertz CT molecular complexity index is 194. The Morgan fingerprint density at radius 3 is 2.46 bits per heavy atom. The Kier molecular flexibility index (Phi) is 4.31. The lowest BCUT2D eigenvalue weighted by Gasteiger charge is -2.20. The molecule has 0 heterocycles. The van der Waals surface area contributed by atoms with Crippen LogP contribution in [0.15, 0.2) is 12.3 Å². The molecule has 0 aliphatic rings. The highest BCUT2D eigenvalue weighted by Crippen LogP contribution is 2.06. The summed E-state index contributed by atoms with van der Waals surface area (Å²) in [6, 6.07) is 0. The maximum atomic E-state index is 11.0. The molecule has 0 aromatic carbocycles. The lowest BCUT2D eigenvalue weighted by Crippen LogP contribution is -2.33. The second kappa shape index (κ2) is 4.74. The summed E-state index contributed by atoms with van der Waals surface area (Å²) in [5.74, 6) is -0.198. The van der Waals surface area contributed by atoms with Crippen molar-refractivity contribution in [2.75, 3.05) is 6.54 Å². The maximum absolute atomic E-state index is 11.0. The zero-order chi connectivity index (χ0) is 10.5. The summed E-state index contributed by atoms with van der Waals surface area (Å²) < 4.78 is 4.94. The molecule has 0 unspecified atom stereocenters. The van der Waals surface area contributed by atoms with Crippen LogP contribution in [0.2, 0.25) is 0 Å². The normalized spacial score (nSPS) is 10.7. The molecule has 4 heteroatoms. The van der Waals surface area contributed by atoms with Gasteiger partial charge in [-0.3, -0.25) is 0 Å². The Balaban J connectivity index is 3.59. The number of ether oxygens (including phenoxy) is 1. The summed E-state index contributed by atoms with van der Waals surface area (Å²) >= 11 is 0. The fourth-order valence-corrected chi connectivity index (χ4v) is 0.618. The molecule has 0 saturated heterocycles. The number of hydrogen-bond donors (Lipinski definition) is 1. The number of nitrogens with one attached hydrogen (secondary N) is 1. The largest absolute Gasteiger partial charge is 0.876 e. The third-order valence-electron chi connectivity index (χ3n) is 1.07. The average molecular weight is 186 g/mol. The Morgan fingerprint density at radius 2 is 2.08 bits per heavy atom. The number of rotatable bonds is 3. The van der Waals surface area contributed by atoms with Gasteiger partial charge in [-0.1, -0.05) is 0 Å². The van der Waals surface area contributed by atoms with Gasteiger partial charge in [0.05, 0.1) is 0 Å². The van der Waals surface area contributed by atoms with Crippen LogP contribution in [0, 0.1) is 0 Å². The van der Waals surface area contributed by atoms with Gasteiger partial charge < -0.3 is 15.2 Å². The van der Waals surface area contributed by atoms with Gasteiger partial charge in [0, 0.05) is 6.54 Å². The molecular weight excluding hydrogens is 170 g/mol. The Labute approximate surface area is 78.6 Å². The number of amides is 1. The lowest BCUT2D eigenvalue weighted by molar-refractivity contribution is -0.305. The van der Waals surface area contributed by atoms with E-state index in [0.717, 1.165) is 0 Å². The minimum atomic E-state index is -0.506. The van der Waals surface area contributed by atoms with Gasteiger partial charge in [-0.25, -0.2) is 4.79 Å². The first-order valence-corrected chi connectivity index (χ1v) is 4.13. The molecule has 0 aromatic heterocycles. The number of alkyl carbamates (subject to hydrolysis) is 1. The van der Waals surface area contributed by atoms with E-state index in [0.29, 0.717) is 0 Å². The minimum absolute atomic E-state index is 0.198. The third-order valence-corrected chi connectivity index (χ3v) is 1.07. The number of hydrogen-bond acceptors (Lipinski definition) is 3. The second-order valence-electron chi connectivity index (χ2n) is 3.72. The third kappa shape index (κ3) is 8.72. The quantitative estimate of drug-likeness (QED) is 0.662. The molecule has 0 rings (SSSR count). The summed E-state index contributed by atoms with van der Waals surface area (Å²) in [5, 5.41) is 12.9. The molecule has 1 N–H and O–H groups in total. The predicted octanol–water partition coefficient (Wildman–Crippen LogP) is 0.775. The molecule has 0 spiro atoms. The molecule has 1 amide bonds. The fourth-order valence-electron chi connectivity index (χ4n) is 0.618. The standard InChI is InChI=1S/C9H17NO3/c1-7(11)5-6-10-8(12)13-9(2,3)4/h11H,1,5-6H2,2-4H3,(H,10,12)/p-1. The molecule has 0 aliphatic carbocycles. The Morgan fingerprint density at radius 1 is 1.54 bits per heavy atom. The molecular formula is C9H16NO3-. The highest BCUT2D eigenvalue weighted by molar-refractivity contribution is 5.67. The molecule has 0 fully saturated rings. The van der Waals surface area contributed by atoms with E-state index in [1.165, 1.54) is 0 Å². The van der Waals surface area contributed by atoms with Crippen molar-refractivity contribution in [3.8, 4) is 0 Å². The van der Waals surface area contributed by atoms with Gasteiger partial charge in [-0.15, -0.1) is 12.3 Å². The van der Waals surface area contributed by atoms with Crippen LogP contribution in [-0.2, 0) is 4.74 Å². The molecule has 4 nitrogen and oxygen atoms in total. The van der Waals surface area contributed by atoms with Crippen LogP contribution in [0.1, 0.15) is 27.2 Å². The van der Waals surface area contributed by atoms with Gasteiger partial charge in [-0.05, 0) is 27.2 Å². The van der Waals surface area contributed by atoms with Crippen LogP contribution >= 0.6 is 0 Å². The summed E-state index contributed by atoms with van der Waals surface area (Å²) in [5.41, 5.74) is -0.501. The van der Waals surface area contributed by atoms with Crippen LogP contribution in [0.3, 0.4) is 0 Å². The zero-order valence-electron chi connectivity index (χ0n) is 8.35. The first kappa shape index (κ1) is 11.8. The first-order valence-electron chi connectivity index (χ1n) is 4.13. The van der Waals surface area contributed by atoms with Gasteiger partial charge in [0.1, 0.15) is 5.60 Å². The predicted molar refractivity (Wildman–Crippen MR) is 48.0 cm³/mol. The monoisotopic (exact) mass is 186 g/mol. The molecule has 0 bridgehead atoms. The molecule has 13 heavy (non-hydrogen) atoms. The topological polar surface area (TPSA) is 61.4 Å². The second-order valence-corrected chi connectivity index (χ2v) is 3.72. The van der Waals surface area contributed by atoms with Crippen molar-refractivity contribution in [2.24, 2.45) is 0 Å². The van der Waals surface area contributed by atoms with Crippen molar-refractivity contribution in [1.82, 2.24) is 5.32 Å². The minimum Gasteiger partial charge on any atom is -0.876 e. The van der Waals surface area contributed by atoms with Crippen molar-refractivity contribution in [2.45, 2.75) is 32.8 Å². The Hall–Kier alpha value is -1.19. The van der Waals surface area contributed by atoms with E-state index >= 15 is 0 Å². The molecule has 76 valence electrons. The van der Waals surface area contributed by atoms with E-state index in [4.69, 9.17) is 4.74 Å². The van der Waals surface area contributed by atoms with Crippen LogP contribution in [-0.4, -0.2) is 18.2 Å². The van der Waals surface area contributed by atoms with Crippen LogP contribution in [0.5, 0.6) is 0 Å². The van der Waals surface area contributed by atoms with Gasteiger partial charge in [-0.2, -0.15) is 0 Å². The van der Waals surface area contributed by atoms with E-state index in [-0.39, 0.29) is 18.7 Å². The van der Waals surface area contributed by atoms with Crippen molar-refractivity contribution in [1.29, 1.82) is 0 Å². The SMILES string of the molecule is C=C([O-])CCNC(=O)OC(C)(C)C. The summed E-state index contributed by atoms with van der Waals surface area (Å²) in [7, 11) is 0. The average Bonchev–Trinajstić information content (AvgIpc) is 1.81. The van der Waals surface area contributed by atoms with E-state index in [9.17, 15) is 9.90 Å². The van der Waals surface area contributed by atoms with Crippen molar-refractivity contribution >= 4 is 6.09 Å². The number of carbonyl (C=O) groups is 1. The molecule has 0 saturated carbocycles. The van der Waals surface area contributed by atoms with E-state index in [1.807, 2.05) is 0 Å². The molecule has 0 aromatic rings. The van der Waals surface area contributed by atoms with E-state index in [1.54, 1.807) is 20.8 Å². The zero-order valence-corrected chi connectivity index (χ0v) is 8.35. The summed E-state index contributed by atoms with van der Waals surface area (Å²) in [6.07, 6.45) is -0.270. The highest BCUT2D eigenvalue weighted by atomic mass is 16.6. The van der Waals surface area contributed by atoms with Crippen LogP contribution in [0.4, 0.5) is 4.79 Å². The highest BCUT2D eigenvalue weighted by Gasteiger charge is 2.14. The van der Waals surface area contributed by atoms with Crippen LogP contribution in [0.25, 0.3) is 0 Å². The van der Waals surface area contributed by atoms with E-state index in [2.05, 4.69) is 11.9 Å². The van der Waals surface area contributed by atoms with E-state index < -0.39 is 11.7 Å². The van der Waals surface area contributed by atoms with Crippen LogP contribution < -0.4 is 10.4 Å². The fraction of sp³-hybridized carbons (Fsp3) is 0.667. The van der Waals surface area contributed by atoms with Crippen molar-refractivity contribution in [3.63, 3.8) is 0 Å². The van der Waals surface area contributed by atoms with Gasteiger partial charge in [0.15, 0.2) is 0 Å². The van der Waals surface area contributed by atoms with Gasteiger partial charge in [0.2, 0.25) is 0 Å². The van der Waals surface area contributed by atoms with Gasteiger partial charge >= 0.3 is 6.09 Å². The number of carbonyl (C=O) groups excluding carboxylic acids is 1. The molecule has 0 radical (unpaired) electrons. The lowest BCUT2D eigenvalue weighted by atomic mass is 10.2. The smallest absolute Gasteiger partial charge is 0.407 e. The van der Waals surface area contributed by atoms with Crippen molar-refractivity contribution in [3.05, 3.63) is 12.3 Å². The van der Waals surface area contributed by atoms with Crippen molar-refractivity contribution < 1.29 is 14.6 Å². The molecule has 0 atom stereocenters. The van der Waals surface area contributed by atoms with Gasteiger partial charge in [0.25, 0.3) is 0 Å². The summed E-state index contributed by atoms with van der Waals surface area (Å²) in [6.45, 7) is 8.78.